The molecule has 1 fully saturated rings. The molecule has 0 N–H and O–H groups in total. The molecule has 2 aliphatic rings. The third kappa shape index (κ3) is 3.28. The minimum Gasteiger partial charge on any atom is -0.493 e. The molecule has 8 nitrogen and oxygen atoms in total. The van der Waals surface area contributed by atoms with Crippen LogP contribution >= 0.6 is 0 Å². The first-order chi connectivity index (χ1) is 13.6. The molecule has 152 valence electrons. The summed E-state index contributed by atoms with van der Waals surface area (Å²) in [6.07, 6.45) is 1.99. The third-order valence-corrected chi connectivity index (χ3v) is 7.31. The topological polar surface area (TPSA) is 73.2 Å². The number of hydrogen-bond acceptors (Lipinski definition) is 5. The highest BCUT2D eigenvalue weighted by Gasteiger charge is 2.40. The van der Waals surface area contributed by atoms with E-state index in [4.69, 9.17) is 14.2 Å². The van der Waals surface area contributed by atoms with Crippen molar-refractivity contribution in [3.63, 3.8) is 0 Å². The van der Waals surface area contributed by atoms with Gasteiger partial charge in [-0.1, -0.05) is 6.07 Å². The molecule has 0 saturated carbocycles. The Morgan fingerprint density at radius 1 is 1.00 bits per heavy atom. The fourth-order valence-electron chi connectivity index (χ4n) is 3.90. The quantitative estimate of drug-likeness (QED) is 0.751. The van der Waals surface area contributed by atoms with Gasteiger partial charge in [-0.15, -0.1) is 0 Å². The second-order valence-electron chi connectivity index (χ2n) is 6.77. The van der Waals surface area contributed by atoms with Crippen molar-refractivity contribution in [3.05, 3.63) is 47.8 Å². The van der Waals surface area contributed by atoms with Gasteiger partial charge in [-0.3, -0.25) is 0 Å². The van der Waals surface area contributed by atoms with Gasteiger partial charge in [0, 0.05) is 38.1 Å². The van der Waals surface area contributed by atoms with E-state index in [1.54, 1.807) is 18.5 Å². The van der Waals surface area contributed by atoms with E-state index in [2.05, 4.69) is 4.57 Å². The Morgan fingerprint density at radius 3 is 2.46 bits per heavy atom. The Labute approximate surface area is 165 Å². The first kappa shape index (κ1) is 19.3. The fraction of sp³-hybridized carbons (Fsp3) is 0.474. The number of ether oxygens (including phenoxy) is 3. The number of benzene rings is 1. The van der Waals surface area contributed by atoms with Gasteiger partial charge in [0.1, 0.15) is 0 Å². The second-order valence-corrected chi connectivity index (χ2v) is 8.65. The van der Waals surface area contributed by atoms with E-state index in [-0.39, 0.29) is 0 Å². The lowest BCUT2D eigenvalue weighted by Gasteiger charge is -2.40. The van der Waals surface area contributed by atoms with E-state index in [0.717, 1.165) is 11.3 Å². The monoisotopic (exact) mass is 407 g/mol. The minimum atomic E-state index is -3.64. The van der Waals surface area contributed by atoms with Gasteiger partial charge in [0.25, 0.3) is 10.2 Å². The van der Waals surface area contributed by atoms with Crippen molar-refractivity contribution in [2.75, 3.05) is 47.1 Å². The van der Waals surface area contributed by atoms with Crippen LogP contribution in [0, 0.1) is 0 Å². The lowest BCUT2D eigenvalue weighted by Crippen LogP contribution is -2.52. The average Bonchev–Trinajstić information content (AvgIpc) is 3.22. The van der Waals surface area contributed by atoms with Crippen LogP contribution in [0.2, 0.25) is 0 Å². The largest absolute Gasteiger partial charge is 0.493 e. The minimum absolute atomic E-state index is 0.374. The number of methoxy groups -OCH3 is 2. The molecule has 2 aliphatic heterocycles. The Hall–Kier alpha value is -2.07. The van der Waals surface area contributed by atoms with Crippen molar-refractivity contribution in [2.45, 2.75) is 12.6 Å². The number of hydrogen-bond donors (Lipinski definition) is 0. The molecule has 1 aromatic carbocycles. The van der Waals surface area contributed by atoms with Gasteiger partial charge in [0.2, 0.25) is 0 Å². The zero-order valence-corrected chi connectivity index (χ0v) is 16.9. The SMILES string of the molecule is COc1ccc(C2c3cccn3CCN2S(=O)(=O)N2CCOCC2)cc1OC. The Bertz CT molecular complexity index is 937. The van der Waals surface area contributed by atoms with Gasteiger partial charge in [-0.05, 0) is 29.8 Å². The summed E-state index contributed by atoms with van der Waals surface area (Å²) in [4.78, 5) is 0. The molecule has 0 amide bonds. The van der Waals surface area contributed by atoms with Crippen LogP contribution in [-0.2, 0) is 21.5 Å². The van der Waals surface area contributed by atoms with Crippen molar-refractivity contribution >= 4 is 10.2 Å². The summed E-state index contributed by atoms with van der Waals surface area (Å²) in [6.45, 7) is 2.61. The van der Waals surface area contributed by atoms with E-state index in [1.165, 1.54) is 4.31 Å². The van der Waals surface area contributed by atoms with Crippen molar-refractivity contribution in [2.24, 2.45) is 0 Å². The molecule has 3 heterocycles. The van der Waals surface area contributed by atoms with Crippen LogP contribution in [0.5, 0.6) is 11.5 Å². The maximum absolute atomic E-state index is 13.5. The molecular formula is C19H25N3O5S. The molecule has 1 aromatic heterocycles. The molecule has 0 aliphatic carbocycles. The second kappa shape index (κ2) is 7.75. The van der Waals surface area contributed by atoms with Gasteiger partial charge in [0.05, 0.1) is 33.5 Å². The Kier molecular flexibility index (Phi) is 5.33. The third-order valence-electron chi connectivity index (χ3n) is 5.31. The van der Waals surface area contributed by atoms with Crippen LogP contribution in [0.25, 0.3) is 0 Å². The first-order valence-corrected chi connectivity index (χ1v) is 10.7. The van der Waals surface area contributed by atoms with Crippen LogP contribution in [0.4, 0.5) is 0 Å². The lowest BCUT2D eigenvalue weighted by atomic mass is 10.0. The van der Waals surface area contributed by atoms with E-state index >= 15 is 0 Å². The average molecular weight is 407 g/mol. The van der Waals surface area contributed by atoms with E-state index in [1.807, 2.05) is 36.5 Å². The van der Waals surface area contributed by atoms with Gasteiger partial charge >= 0.3 is 0 Å². The summed E-state index contributed by atoms with van der Waals surface area (Å²) in [6, 6.07) is 9.06. The molecule has 1 unspecified atom stereocenters. The maximum atomic E-state index is 13.5. The van der Waals surface area contributed by atoms with Crippen LogP contribution < -0.4 is 9.47 Å². The summed E-state index contributed by atoms with van der Waals surface area (Å²) in [7, 11) is -0.478. The highest BCUT2D eigenvalue weighted by molar-refractivity contribution is 7.86. The van der Waals surface area contributed by atoms with E-state index < -0.39 is 16.3 Å². The summed E-state index contributed by atoms with van der Waals surface area (Å²) in [5, 5.41) is 0. The normalized spacial score (nSPS) is 21.3. The van der Waals surface area contributed by atoms with Gasteiger partial charge in [-0.2, -0.15) is 17.0 Å². The smallest absolute Gasteiger partial charge is 0.283 e. The zero-order valence-electron chi connectivity index (χ0n) is 16.1. The highest BCUT2D eigenvalue weighted by atomic mass is 32.2. The number of fused-ring (bicyclic) bond motifs is 1. The first-order valence-electron chi connectivity index (χ1n) is 9.28. The van der Waals surface area contributed by atoms with Crippen molar-refractivity contribution in [3.8, 4) is 11.5 Å². The van der Waals surface area contributed by atoms with Crippen LogP contribution in [0.3, 0.4) is 0 Å². The van der Waals surface area contributed by atoms with Gasteiger partial charge < -0.3 is 18.8 Å². The number of morpholine rings is 1. The molecule has 1 atom stereocenters. The van der Waals surface area contributed by atoms with E-state index in [0.29, 0.717) is 50.9 Å². The molecule has 0 radical (unpaired) electrons. The molecule has 0 spiro atoms. The summed E-state index contributed by atoms with van der Waals surface area (Å²) >= 11 is 0. The highest BCUT2D eigenvalue weighted by Crippen LogP contribution is 2.39. The lowest BCUT2D eigenvalue weighted by molar-refractivity contribution is 0.0689. The van der Waals surface area contributed by atoms with Crippen LogP contribution in [0.15, 0.2) is 36.5 Å². The van der Waals surface area contributed by atoms with Crippen molar-refractivity contribution < 1.29 is 22.6 Å². The summed E-state index contributed by atoms with van der Waals surface area (Å²) in [5.74, 6) is 1.19. The molecule has 1 saturated heterocycles. The molecule has 9 heteroatoms. The van der Waals surface area contributed by atoms with Crippen LogP contribution in [0.1, 0.15) is 17.3 Å². The summed E-state index contributed by atoms with van der Waals surface area (Å²) < 4.78 is 48.3. The van der Waals surface area contributed by atoms with Crippen molar-refractivity contribution in [1.29, 1.82) is 0 Å². The predicted octanol–water partition coefficient (Wildman–Crippen LogP) is 1.49. The molecule has 0 bridgehead atoms. The predicted molar refractivity (Wildman–Crippen MR) is 104 cm³/mol. The maximum Gasteiger partial charge on any atom is 0.283 e. The molecule has 2 aromatic rings. The van der Waals surface area contributed by atoms with Gasteiger partial charge in [-0.25, -0.2) is 0 Å². The molecular weight excluding hydrogens is 382 g/mol. The van der Waals surface area contributed by atoms with Crippen molar-refractivity contribution in [1.82, 2.24) is 13.2 Å². The summed E-state index contributed by atoms with van der Waals surface area (Å²) in [5.41, 5.74) is 1.78. The Balaban J connectivity index is 1.78. The Morgan fingerprint density at radius 2 is 1.75 bits per heavy atom. The molecule has 4 rings (SSSR count). The number of aromatic nitrogens is 1. The van der Waals surface area contributed by atoms with Crippen LogP contribution in [-0.4, -0.2) is 68.7 Å². The fourth-order valence-corrected chi connectivity index (χ4v) is 5.61. The number of rotatable bonds is 5. The van der Waals surface area contributed by atoms with Gasteiger partial charge in [0.15, 0.2) is 11.5 Å². The molecule has 28 heavy (non-hydrogen) atoms. The number of nitrogens with zero attached hydrogens (tertiary/aromatic N) is 3. The van der Waals surface area contributed by atoms with E-state index in [9.17, 15) is 8.42 Å². The standard InChI is InChI=1S/C19H25N3O5S/c1-25-17-6-5-15(14-18(17)26-2)19-16-4-3-7-20(16)8-9-22(19)28(23,24)21-10-12-27-13-11-21/h3-7,14,19H,8-13H2,1-2H3. The zero-order chi connectivity index (χ0) is 19.7.